The second kappa shape index (κ2) is 5.37. The maximum absolute atomic E-state index is 11.9. The molecule has 0 fully saturated rings. The minimum atomic E-state index is -0.780. The van der Waals surface area contributed by atoms with E-state index >= 15 is 0 Å². The Morgan fingerprint density at radius 3 is 2.43 bits per heavy atom. The standard InChI is InChI=1S/C13H10N2O6/c16-10-5-4-7(6-11(10)17)13(19)14-8-2-1-3-9(12(8)18)15(20)21/h1-6,16-18H,(H,14,19). The summed E-state index contributed by atoms with van der Waals surface area (Å²) < 4.78 is 0. The minimum absolute atomic E-state index is 0.0104. The fraction of sp³-hybridized carbons (Fsp3) is 0. The van der Waals surface area contributed by atoms with Gasteiger partial charge in [-0.2, -0.15) is 0 Å². The van der Waals surface area contributed by atoms with Crippen LogP contribution in [-0.4, -0.2) is 26.2 Å². The van der Waals surface area contributed by atoms with Crippen LogP contribution in [0.3, 0.4) is 0 Å². The summed E-state index contributed by atoms with van der Waals surface area (Å²) >= 11 is 0. The smallest absolute Gasteiger partial charge is 0.312 e. The van der Waals surface area contributed by atoms with Gasteiger partial charge in [0.1, 0.15) is 0 Å². The normalized spacial score (nSPS) is 10.1. The molecule has 2 aromatic rings. The summed E-state index contributed by atoms with van der Waals surface area (Å²) in [6, 6.07) is 7.09. The molecule has 0 saturated carbocycles. The van der Waals surface area contributed by atoms with E-state index in [4.69, 9.17) is 5.11 Å². The van der Waals surface area contributed by atoms with Gasteiger partial charge in [0.2, 0.25) is 5.75 Å². The van der Waals surface area contributed by atoms with Crippen LogP contribution in [0.4, 0.5) is 11.4 Å². The molecule has 0 aromatic heterocycles. The summed E-state index contributed by atoms with van der Waals surface area (Å²) in [5, 5.41) is 41.2. The zero-order valence-corrected chi connectivity index (χ0v) is 10.5. The molecule has 21 heavy (non-hydrogen) atoms. The first-order valence-corrected chi connectivity index (χ1v) is 5.70. The van der Waals surface area contributed by atoms with Crippen molar-refractivity contribution >= 4 is 17.3 Å². The van der Waals surface area contributed by atoms with Gasteiger partial charge in [0.25, 0.3) is 5.91 Å². The van der Waals surface area contributed by atoms with Crippen molar-refractivity contribution in [1.29, 1.82) is 0 Å². The highest BCUT2D eigenvalue weighted by Gasteiger charge is 2.18. The third kappa shape index (κ3) is 2.84. The third-order valence-electron chi connectivity index (χ3n) is 2.70. The fourth-order valence-electron chi connectivity index (χ4n) is 1.64. The van der Waals surface area contributed by atoms with Crippen LogP contribution in [0.25, 0.3) is 0 Å². The molecule has 108 valence electrons. The van der Waals surface area contributed by atoms with Crippen LogP contribution < -0.4 is 5.32 Å². The first kappa shape index (κ1) is 14.1. The minimum Gasteiger partial charge on any atom is -0.504 e. The maximum atomic E-state index is 11.9. The monoisotopic (exact) mass is 290 g/mol. The Balaban J connectivity index is 2.29. The molecule has 0 atom stereocenters. The van der Waals surface area contributed by atoms with Gasteiger partial charge >= 0.3 is 5.69 Å². The average molecular weight is 290 g/mol. The molecular formula is C13H10N2O6. The number of benzene rings is 2. The number of carbonyl (C=O) groups excluding carboxylic acids is 1. The lowest BCUT2D eigenvalue weighted by Crippen LogP contribution is -2.12. The Labute approximate surface area is 118 Å². The number of nitro benzene ring substituents is 1. The summed E-state index contributed by atoms with van der Waals surface area (Å²) in [5.74, 6) is -2.24. The van der Waals surface area contributed by atoms with E-state index in [9.17, 15) is 25.1 Å². The fourth-order valence-corrected chi connectivity index (χ4v) is 1.64. The Hall–Kier alpha value is -3.29. The van der Waals surface area contributed by atoms with E-state index in [1.165, 1.54) is 18.2 Å². The Kier molecular flexibility index (Phi) is 3.61. The predicted octanol–water partition coefficient (Wildman–Crippen LogP) is 1.96. The molecule has 0 unspecified atom stereocenters. The molecule has 8 nitrogen and oxygen atoms in total. The Morgan fingerprint density at radius 1 is 1.10 bits per heavy atom. The first-order valence-electron chi connectivity index (χ1n) is 5.70. The number of nitro groups is 1. The summed E-state index contributed by atoms with van der Waals surface area (Å²) in [6.45, 7) is 0. The van der Waals surface area contributed by atoms with Crippen LogP contribution in [-0.2, 0) is 0 Å². The lowest BCUT2D eigenvalue weighted by atomic mass is 10.1. The van der Waals surface area contributed by atoms with Gasteiger partial charge < -0.3 is 20.6 Å². The number of amides is 1. The van der Waals surface area contributed by atoms with Gasteiger partial charge in [-0.15, -0.1) is 0 Å². The number of hydrogen-bond donors (Lipinski definition) is 4. The number of hydrogen-bond acceptors (Lipinski definition) is 6. The van der Waals surface area contributed by atoms with Crippen molar-refractivity contribution in [3.05, 3.63) is 52.1 Å². The Bertz CT molecular complexity index is 729. The highest BCUT2D eigenvalue weighted by molar-refractivity contribution is 6.05. The van der Waals surface area contributed by atoms with E-state index in [0.717, 1.165) is 18.2 Å². The van der Waals surface area contributed by atoms with Crippen LogP contribution in [0.5, 0.6) is 17.2 Å². The molecular weight excluding hydrogens is 280 g/mol. The number of phenolic OH excluding ortho intramolecular Hbond substituents is 3. The highest BCUT2D eigenvalue weighted by atomic mass is 16.6. The van der Waals surface area contributed by atoms with Crippen molar-refractivity contribution in [2.24, 2.45) is 0 Å². The van der Waals surface area contributed by atoms with Gasteiger partial charge in [-0.05, 0) is 24.3 Å². The highest BCUT2D eigenvalue weighted by Crippen LogP contribution is 2.33. The second-order valence-electron chi connectivity index (χ2n) is 4.09. The van der Waals surface area contributed by atoms with Crippen LogP contribution in [0.1, 0.15) is 10.4 Å². The molecule has 8 heteroatoms. The average Bonchev–Trinajstić information content (AvgIpc) is 2.43. The third-order valence-corrected chi connectivity index (χ3v) is 2.70. The largest absolute Gasteiger partial charge is 0.504 e. The summed E-state index contributed by atoms with van der Waals surface area (Å²) in [4.78, 5) is 21.8. The Morgan fingerprint density at radius 2 is 1.81 bits per heavy atom. The number of nitrogens with zero attached hydrogens (tertiary/aromatic N) is 1. The van der Waals surface area contributed by atoms with E-state index in [-0.39, 0.29) is 17.0 Å². The van der Waals surface area contributed by atoms with Crippen LogP contribution in [0.15, 0.2) is 36.4 Å². The van der Waals surface area contributed by atoms with Crippen molar-refractivity contribution < 1.29 is 25.0 Å². The van der Waals surface area contributed by atoms with Crippen molar-refractivity contribution in [1.82, 2.24) is 0 Å². The zero-order chi connectivity index (χ0) is 15.6. The summed E-state index contributed by atoms with van der Waals surface area (Å²) in [6.07, 6.45) is 0. The molecule has 0 radical (unpaired) electrons. The number of carbonyl (C=O) groups is 1. The quantitative estimate of drug-likeness (QED) is 0.388. The maximum Gasteiger partial charge on any atom is 0.312 e. The molecule has 0 heterocycles. The summed E-state index contributed by atoms with van der Waals surface area (Å²) in [7, 11) is 0. The topological polar surface area (TPSA) is 133 Å². The molecule has 0 saturated heterocycles. The molecule has 2 rings (SSSR count). The van der Waals surface area contributed by atoms with Crippen molar-refractivity contribution in [2.45, 2.75) is 0 Å². The van der Waals surface area contributed by atoms with E-state index < -0.39 is 28.0 Å². The van der Waals surface area contributed by atoms with Gasteiger partial charge in [-0.3, -0.25) is 14.9 Å². The SMILES string of the molecule is O=C(Nc1cccc([N+](=O)[O-])c1O)c1ccc(O)c(O)c1. The number of nitrogens with one attached hydrogen (secondary N) is 1. The van der Waals surface area contributed by atoms with Crippen molar-refractivity contribution in [3.8, 4) is 17.2 Å². The number of rotatable bonds is 3. The lowest BCUT2D eigenvalue weighted by Gasteiger charge is -2.08. The number of para-hydroxylation sites is 1. The molecule has 0 aliphatic carbocycles. The van der Waals surface area contributed by atoms with E-state index in [1.54, 1.807) is 0 Å². The zero-order valence-electron chi connectivity index (χ0n) is 10.5. The van der Waals surface area contributed by atoms with E-state index in [1.807, 2.05) is 0 Å². The van der Waals surface area contributed by atoms with Crippen molar-refractivity contribution in [2.75, 3.05) is 5.32 Å². The first-order chi connectivity index (χ1) is 9.90. The van der Waals surface area contributed by atoms with Crippen LogP contribution in [0, 0.1) is 10.1 Å². The van der Waals surface area contributed by atoms with E-state index in [0.29, 0.717) is 0 Å². The van der Waals surface area contributed by atoms with Crippen LogP contribution in [0.2, 0.25) is 0 Å². The van der Waals surface area contributed by atoms with Gasteiger partial charge in [0.15, 0.2) is 11.5 Å². The molecule has 4 N–H and O–H groups in total. The number of aromatic hydroxyl groups is 3. The molecule has 2 aromatic carbocycles. The van der Waals surface area contributed by atoms with Gasteiger partial charge in [0, 0.05) is 11.6 Å². The van der Waals surface area contributed by atoms with E-state index in [2.05, 4.69) is 5.32 Å². The van der Waals surface area contributed by atoms with Crippen molar-refractivity contribution in [3.63, 3.8) is 0 Å². The van der Waals surface area contributed by atoms with Gasteiger partial charge in [-0.25, -0.2) is 0 Å². The van der Waals surface area contributed by atoms with Gasteiger partial charge in [0.05, 0.1) is 10.6 Å². The molecule has 1 amide bonds. The predicted molar refractivity (Wildman–Crippen MR) is 72.5 cm³/mol. The molecule has 0 aliphatic heterocycles. The molecule has 0 bridgehead atoms. The number of anilines is 1. The molecule has 0 aliphatic rings. The van der Waals surface area contributed by atoms with Crippen LogP contribution >= 0.6 is 0 Å². The summed E-state index contributed by atoms with van der Waals surface area (Å²) in [5.41, 5.74) is -0.667. The second-order valence-corrected chi connectivity index (χ2v) is 4.09. The lowest BCUT2D eigenvalue weighted by molar-refractivity contribution is -0.385. The number of phenols is 3. The van der Waals surface area contributed by atoms with Gasteiger partial charge in [-0.1, -0.05) is 6.07 Å². The molecule has 0 spiro atoms.